The predicted molar refractivity (Wildman–Crippen MR) is 116 cm³/mol. The molecule has 2 aliphatic rings. The zero-order valence-corrected chi connectivity index (χ0v) is 17.9. The van der Waals surface area contributed by atoms with E-state index < -0.39 is 11.9 Å². The first-order valence-corrected chi connectivity index (χ1v) is 10.5. The zero-order chi connectivity index (χ0) is 23.1. The Labute approximate surface area is 189 Å². The molecule has 166 valence electrons. The number of para-hydroxylation sites is 2. The number of halogens is 1. The number of hydrogen-bond acceptors (Lipinski definition) is 5. The van der Waals surface area contributed by atoms with Crippen molar-refractivity contribution < 1.29 is 18.7 Å². The fraction of sp³-hybridized carbons (Fsp3) is 0.250. The Morgan fingerprint density at radius 1 is 1.24 bits per heavy atom. The van der Waals surface area contributed by atoms with Crippen molar-refractivity contribution in [3.05, 3.63) is 76.9 Å². The second-order valence-corrected chi connectivity index (χ2v) is 8.06. The molecule has 33 heavy (non-hydrogen) atoms. The Hall–Kier alpha value is -4.19. The van der Waals surface area contributed by atoms with Gasteiger partial charge in [-0.05, 0) is 30.7 Å². The molecule has 1 aromatic heterocycles. The average Bonchev–Trinajstić information content (AvgIpc) is 3.19. The highest BCUT2D eigenvalue weighted by atomic mass is 19.1. The molecule has 0 radical (unpaired) electrons. The van der Waals surface area contributed by atoms with E-state index in [9.17, 15) is 14.0 Å². The highest BCUT2D eigenvalue weighted by Crippen LogP contribution is 2.32. The van der Waals surface area contributed by atoms with E-state index in [2.05, 4.69) is 5.10 Å². The smallest absolute Gasteiger partial charge is 0.275 e. The van der Waals surface area contributed by atoms with E-state index >= 15 is 0 Å². The van der Waals surface area contributed by atoms with Crippen molar-refractivity contribution in [2.45, 2.75) is 19.0 Å². The maximum atomic E-state index is 14.3. The summed E-state index contributed by atoms with van der Waals surface area (Å²) in [5.41, 5.74) is 2.27. The van der Waals surface area contributed by atoms with Gasteiger partial charge in [-0.25, -0.2) is 4.39 Å². The van der Waals surface area contributed by atoms with Crippen LogP contribution in [0.3, 0.4) is 0 Å². The van der Waals surface area contributed by atoms with Crippen LogP contribution in [0.2, 0.25) is 0 Å². The van der Waals surface area contributed by atoms with E-state index in [0.29, 0.717) is 30.0 Å². The SMILES string of the molecule is CN1C(=O)[C@@H](N2CCc3cn(Cc4ccc(C#N)cc4F)nc3C2=O)COc2ccccc21. The number of anilines is 1. The Balaban J connectivity index is 1.38. The van der Waals surface area contributed by atoms with Crippen LogP contribution in [0, 0.1) is 17.1 Å². The maximum absolute atomic E-state index is 14.3. The second-order valence-electron chi connectivity index (χ2n) is 8.06. The largest absolute Gasteiger partial charge is 0.489 e. The first kappa shape index (κ1) is 20.7. The fourth-order valence-corrected chi connectivity index (χ4v) is 4.26. The molecule has 9 heteroatoms. The van der Waals surface area contributed by atoms with E-state index in [-0.39, 0.29) is 36.2 Å². The van der Waals surface area contributed by atoms with Crippen LogP contribution < -0.4 is 9.64 Å². The number of carbonyl (C=O) groups excluding carboxylic acids is 2. The number of amides is 2. The lowest BCUT2D eigenvalue weighted by Crippen LogP contribution is -2.54. The number of aromatic nitrogens is 2. The lowest BCUT2D eigenvalue weighted by molar-refractivity contribution is -0.123. The molecule has 0 unspecified atom stereocenters. The van der Waals surface area contributed by atoms with Crippen molar-refractivity contribution in [2.75, 3.05) is 25.1 Å². The summed E-state index contributed by atoms with van der Waals surface area (Å²) in [6.45, 7) is 0.534. The third-order valence-corrected chi connectivity index (χ3v) is 6.05. The van der Waals surface area contributed by atoms with Crippen LogP contribution >= 0.6 is 0 Å². The second kappa shape index (κ2) is 8.06. The third kappa shape index (κ3) is 3.59. The first-order chi connectivity index (χ1) is 16.0. The van der Waals surface area contributed by atoms with Crippen LogP contribution in [-0.2, 0) is 17.8 Å². The van der Waals surface area contributed by atoms with E-state index in [1.807, 2.05) is 18.2 Å². The van der Waals surface area contributed by atoms with E-state index in [0.717, 1.165) is 5.56 Å². The minimum atomic E-state index is -0.774. The van der Waals surface area contributed by atoms with Gasteiger partial charge in [-0.3, -0.25) is 14.3 Å². The summed E-state index contributed by atoms with van der Waals surface area (Å²) in [7, 11) is 1.67. The molecular formula is C24H20FN5O3. The Kier molecular flexibility index (Phi) is 5.05. The molecule has 0 aliphatic carbocycles. The van der Waals surface area contributed by atoms with Crippen molar-refractivity contribution in [1.29, 1.82) is 5.26 Å². The molecular weight excluding hydrogens is 425 g/mol. The molecule has 1 atom stereocenters. The number of likely N-dealkylation sites (N-methyl/N-ethyl adjacent to an activating group) is 1. The number of fused-ring (bicyclic) bond motifs is 2. The quantitative estimate of drug-likeness (QED) is 0.617. The molecule has 0 saturated carbocycles. The van der Waals surface area contributed by atoms with Gasteiger partial charge in [0.25, 0.3) is 11.8 Å². The number of benzene rings is 2. The lowest BCUT2D eigenvalue weighted by atomic mass is 10.0. The van der Waals surface area contributed by atoms with Crippen LogP contribution in [-0.4, -0.2) is 52.7 Å². The minimum absolute atomic E-state index is 0.0540. The highest BCUT2D eigenvalue weighted by Gasteiger charge is 2.39. The normalized spacial score (nSPS) is 17.7. The average molecular weight is 445 g/mol. The standard InChI is InChI=1S/C24H20FN5O3/c1-28-19-4-2-3-5-21(19)33-14-20(23(28)31)30-9-8-17-13-29(27-22(17)24(30)32)12-16-7-6-15(11-26)10-18(16)25/h2-7,10,13,20H,8-9,12,14H2,1H3/t20-/m0/s1. The van der Waals surface area contributed by atoms with Gasteiger partial charge in [-0.15, -0.1) is 0 Å². The summed E-state index contributed by atoms with van der Waals surface area (Å²) in [5, 5.41) is 13.3. The third-order valence-electron chi connectivity index (χ3n) is 6.05. The van der Waals surface area contributed by atoms with Crippen molar-refractivity contribution in [1.82, 2.24) is 14.7 Å². The summed E-state index contributed by atoms with van der Waals surface area (Å²) in [6, 6.07) is 12.6. The molecule has 2 amide bonds. The van der Waals surface area contributed by atoms with E-state index in [4.69, 9.17) is 10.00 Å². The molecule has 8 nitrogen and oxygen atoms in total. The lowest BCUT2D eigenvalue weighted by Gasteiger charge is -2.33. The van der Waals surface area contributed by atoms with Crippen LogP contribution in [0.15, 0.2) is 48.7 Å². The molecule has 0 spiro atoms. The van der Waals surface area contributed by atoms with Crippen molar-refractivity contribution in [2.24, 2.45) is 0 Å². The number of rotatable bonds is 3. The van der Waals surface area contributed by atoms with Gasteiger partial charge in [0, 0.05) is 30.9 Å². The molecule has 0 bridgehead atoms. The van der Waals surface area contributed by atoms with Gasteiger partial charge in [0.2, 0.25) is 0 Å². The van der Waals surface area contributed by atoms with Gasteiger partial charge in [-0.1, -0.05) is 18.2 Å². The molecule has 2 aromatic carbocycles. The van der Waals surface area contributed by atoms with Crippen LogP contribution in [0.25, 0.3) is 0 Å². The molecule has 0 N–H and O–H groups in total. The van der Waals surface area contributed by atoms with Crippen molar-refractivity contribution in [3.8, 4) is 11.8 Å². The summed E-state index contributed by atoms with van der Waals surface area (Å²) in [4.78, 5) is 29.5. The summed E-state index contributed by atoms with van der Waals surface area (Å²) < 4.78 is 21.7. The summed E-state index contributed by atoms with van der Waals surface area (Å²) in [5.74, 6) is -0.485. The highest BCUT2D eigenvalue weighted by molar-refractivity contribution is 6.03. The van der Waals surface area contributed by atoms with E-state index in [1.165, 1.54) is 26.6 Å². The van der Waals surface area contributed by atoms with Gasteiger partial charge in [0.15, 0.2) is 5.69 Å². The number of carbonyl (C=O) groups is 2. The summed E-state index contributed by atoms with van der Waals surface area (Å²) in [6.07, 6.45) is 2.26. The van der Waals surface area contributed by atoms with Crippen molar-refractivity contribution in [3.63, 3.8) is 0 Å². The van der Waals surface area contributed by atoms with Crippen LogP contribution in [0.5, 0.6) is 5.75 Å². The predicted octanol–water partition coefficient (Wildman–Crippen LogP) is 2.36. The number of nitriles is 1. The summed E-state index contributed by atoms with van der Waals surface area (Å²) >= 11 is 0. The molecule has 5 rings (SSSR count). The molecule has 0 saturated heterocycles. The zero-order valence-electron chi connectivity index (χ0n) is 17.9. The Morgan fingerprint density at radius 3 is 2.85 bits per heavy atom. The van der Waals surface area contributed by atoms with Gasteiger partial charge in [0.1, 0.15) is 24.2 Å². The van der Waals surface area contributed by atoms with Gasteiger partial charge in [0.05, 0.1) is 23.9 Å². The topological polar surface area (TPSA) is 91.5 Å². The molecule has 0 fully saturated rings. The Morgan fingerprint density at radius 2 is 2.06 bits per heavy atom. The molecule has 3 aromatic rings. The molecule has 3 heterocycles. The van der Waals surface area contributed by atoms with Gasteiger partial charge in [-0.2, -0.15) is 10.4 Å². The first-order valence-electron chi connectivity index (χ1n) is 10.5. The Bertz CT molecular complexity index is 1310. The number of nitrogens with zero attached hydrogens (tertiary/aromatic N) is 5. The fourth-order valence-electron chi connectivity index (χ4n) is 4.26. The van der Waals surface area contributed by atoms with Gasteiger partial charge >= 0.3 is 0 Å². The molecule has 2 aliphatic heterocycles. The number of hydrogen-bond donors (Lipinski definition) is 0. The van der Waals surface area contributed by atoms with E-state index in [1.54, 1.807) is 31.4 Å². The van der Waals surface area contributed by atoms with Crippen molar-refractivity contribution >= 4 is 17.5 Å². The maximum Gasteiger partial charge on any atom is 0.275 e. The van der Waals surface area contributed by atoms with Crippen LogP contribution in [0.1, 0.15) is 27.2 Å². The monoisotopic (exact) mass is 445 g/mol. The number of ether oxygens (including phenoxy) is 1. The van der Waals surface area contributed by atoms with Crippen LogP contribution in [0.4, 0.5) is 10.1 Å². The van der Waals surface area contributed by atoms with Gasteiger partial charge < -0.3 is 14.5 Å². The minimum Gasteiger partial charge on any atom is -0.489 e.